The zero-order valence-corrected chi connectivity index (χ0v) is 7.84. The van der Waals surface area contributed by atoms with E-state index in [9.17, 15) is 4.39 Å². The molecule has 0 aliphatic carbocycles. The number of nitrogens with zero attached hydrogens (tertiary/aromatic N) is 3. The Morgan fingerprint density at radius 1 is 1.23 bits per heavy atom. The molecule has 3 nitrogen and oxygen atoms in total. The molecule has 0 bridgehead atoms. The lowest BCUT2D eigenvalue weighted by Crippen LogP contribution is -2.38. The zero-order chi connectivity index (χ0) is 9.42. The number of hydrogen-bond donors (Lipinski definition) is 0. The van der Waals surface area contributed by atoms with Crippen molar-refractivity contribution in [3.8, 4) is 0 Å². The maximum Gasteiger partial charge on any atom is 0.186 e. The summed E-state index contributed by atoms with van der Waals surface area (Å²) in [5.74, 6) is 0.836. The highest BCUT2D eigenvalue weighted by molar-refractivity contribution is 5.43. The van der Waals surface area contributed by atoms with Crippen LogP contribution in [0.1, 0.15) is 17.9 Å². The lowest BCUT2D eigenvalue weighted by atomic mass is 10.2. The van der Waals surface area contributed by atoms with Gasteiger partial charge in [0, 0.05) is 13.1 Å². The molecule has 0 N–H and O–H groups in total. The minimum Gasteiger partial charge on any atom is -0.354 e. The molecular formula is C9H12FN3. The summed E-state index contributed by atoms with van der Waals surface area (Å²) in [6, 6.07) is 0. The van der Waals surface area contributed by atoms with Crippen LogP contribution in [0.2, 0.25) is 0 Å². The van der Waals surface area contributed by atoms with E-state index in [1.54, 1.807) is 13.8 Å². The van der Waals surface area contributed by atoms with Gasteiger partial charge < -0.3 is 4.90 Å². The Labute approximate surface area is 76.6 Å². The van der Waals surface area contributed by atoms with E-state index in [0.717, 1.165) is 19.5 Å². The highest BCUT2D eigenvalue weighted by Crippen LogP contribution is 2.22. The van der Waals surface area contributed by atoms with Crippen LogP contribution >= 0.6 is 0 Å². The number of anilines is 1. The first-order valence-electron chi connectivity index (χ1n) is 4.44. The Balaban J connectivity index is 2.42. The van der Waals surface area contributed by atoms with Crippen LogP contribution in [0.4, 0.5) is 10.2 Å². The molecule has 1 aliphatic rings. The molecular weight excluding hydrogens is 169 g/mol. The molecule has 0 spiro atoms. The van der Waals surface area contributed by atoms with Gasteiger partial charge in [-0.05, 0) is 20.3 Å². The molecule has 0 radical (unpaired) electrons. The van der Waals surface area contributed by atoms with E-state index in [2.05, 4.69) is 9.97 Å². The Hall–Kier alpha value is -1.19. The summed E-state index contributed by atoms with van der Waals surface area (Å²) in [7, 11) is 0. The van der Waals surface area contributed by atoms with Gasteiger partial charge in [-0.15, -0.1) is 0 Å². The minimum absolute atomic E-state index is 0.273. The number of aryl methyl sites for hydroxylation is 2. The number of halogens is 1. The molecule has 1 saturated heterocycles. The molecule has 0 amide bonds. The molecule has 0 aromatic carbocycles. The number of aromatic nitrogens is 2. The second-order valence-electron chi connectivity index (χ2n) is 3.33. The summed E-state index contributed by atoms with van der Waals surface area (Å²) >= 11 is 0. The summed E-state index contributed by atoms with van der Waals surface area (Å²) in [5.41, 5.74) is 0.439. The third-order valence-corrected chi connectivity index (χ3v) is 2.27. The monoisotopic (exact) mass is 181 g/mol. The Morgan fingerprint density at radius 3 is 2.46 bits per heavy atom. The molecule has 13 heavy (non-hydrogen) atoms. The number of rotatable bonds is 1. The fourth-order valence-corrected chi connectivity index (χ4v) is 1.42. The van der Waals surface area contributed by atoms with Crippen LogP contribution in [-0.4, -0.2) is 23.1 Å². The third kappa shape index (κ3) is 1.36. The standard InChI is InChI=1S/C9H12FN3/c1-6-8(10)9(12-7(2)11-6)13-4-3-5-13/h3-5H2,1-2H3. The van der Waals surface area contributed by atoms with Crippen molar-refractivity contribution in [2.45, 2.75) is 20.3 Å². The predicted molar refractivity (Wildman–Crippen MR) is 48.3 cm³/mol. The van der Waals surface area contributed by atoms with Gasteiger partial charge in [0.1, 0.15) is 5.82 Å². The first kappa shape index (κ1) is 8.41. The second-order valence-corrected chi connectivity index (χ2v) is 3.33. The SMILES string of the molecule is Cc1nc(C)c(F)c(N2CCC2)n1. The van der Waals surface area contributed by atoms with Gasteiger partial charge in [0.2, 0.25) is 0 Å². The summed E-state index contributed by atoms with van der Waals surface area (Å²) in [6.45, 7) is 5.28. The molecule has 0 atom stereocenters. The molecule has 2 heterocycles. The van der Waals surface area contributed by atoms with Gasteiger partial charge in [0.15, 0.2) is 11.6 Å². The largest absolute Gasteiger partial charge is 0.354 e. The van der Waals surface area contributed by atoms with Crippen molar-refractivity contribution in [1.29, 1.82) is 0 Å². The fraction of sp³-hybridized carbons (Fsp3) is 0.556. The molecule has 1 aromatic rings. The Bertz CT molecular complexity index is 334. The van der Waals surface area contributed by atoms with Crippen molar-refractivity contribution in [1.82, 2.24) is 9.97 Å². The van der Waals surface area contributed by atoms with Crippen molar-refractivity contribution in [3.05, 3.63) is 17.3 Å². The lowest BCUT2D eigenvalue weighted by Gasteiger charge is -2.32. The van der Waals surface area contributed by atoms with Crippen LogP contribution in [0.3, 0.4) is 0 Å². The predicted octanol–water partition coefficient (Wildman–Crippen LogP) is 1.44. The molecule has 1 fully saturated rings. The van der Waals surface area contributed by atoms with Crippen molar-refractivity contribution in [3.63, 3.8) is 0 Å². The van der Waals surface area contributed by atoms with Crippen molar-refractivity contribution >= 4 is 5.82 Å². The summed E-state index contributed by atoms with van der Waals surface area (Å²) in [5, 5.41) is 0. The van der Waals surface area contributed by atoms with Crippen LogP contribution < -0.4 is 4.90 Å². The first-order chi connectivity index (χ1) is 6.18. The van der Waals surface area contributed by atoms with Gasteiger partial charge in [0.05, 0.1) is 5.69 Å². The summed E-state index contributed by atoms with van der Waals surface area (Å²) < 4.78 is 13.5. The first-order valence-corrected chi connectivity index (χ1v) is 4.44. The second kappa shape index (κ2) is 2.94. The molecule has 0 saturated carbocycles. The highest BCUT2D eigenvalue weighted by atomic mass is 19.1. The summed E-state index contributed by atoms with van der Waals surface area (Å²) in [4.78, 5) is 10.00. The maximum absolute atomic E-state index is 13.5. The maximum atomic E-state index is 13.5. The average Bonchev–Trinajstić information content (AvgIpc) is 1.95. The zero-order valence-electron chi connectivity index (χ0n) is 7.84. The Morgan fingerprint density at radius 2 is 1.92 bits per heavy atom. The fourth-order valence-electron chi connectivity index (χ4n) is 1.42. The van der Waals surface area contributed by atoms with Gasteiger partial charge in [-0.2, -0.15) is 0 Å². The molecule has 4 heteroatoms. The van der Waals surface area contributed by atoms with Gasteiger partial charge in [-0.3, -0.25) is 0 Å². The van der Waals surface area contributed by atoms with Gasteiger partial charge in [-0.25, -0.2) is 14.4 Å². The van der Waals surface area contributed by atoms with Crippen molar-refractivity contribution < 1.29 is 4.39 Å². The van der Waals surface area contributed by atoms with E-state index < -0.39 is 0 Å². The normalized spacial score (nSPS) is 15.8. The van der Waals surface area contributed by atoms with Crippen LogP contribution in [-0.2, 0) is 0 Å². The summed E-state index contributed by atoms with van der Waals surface area (Å²) in [6.07, 6.45) is 1.13. The van der Waals surface area contributed by atoms with E-state index in [-0.39, 0.29) is 5.82 Å². The molecule has 1 aliphatic heterocycles. The van der Waals surface area contributed by atoms with Crippen LogP contribution in [0.5, 0.6) is 0 Å². The minimum atomic E-state index is -0.273. The van der Waals surface area contributed by atoms with Gasteiger partial charge >= 0.3 is 0 Å². The van der Waals surface area contributed by atoms with Crippen LogP contribution in [0.15, 0.2) is 0 Å². The lowest BCUT2D eigenvalue weighted by molar-refractivity contribution is 0.549. The van der Waals surface area contributed by atoms with E-state index in [1.807, 2.05) is 4.90 Å². The number of hydrogen-bond acceptors (Lipinski definition) is 3. The van der Waals surface area contributed by atoms with Crippen LogP contribution in [0, 0.1) is 19.7 Å². The van der Waals surface area contributed by atoms with Crippen molar-refractivity contribution in [2.75, 3.05) is 18.0 Å². The quantitative estimate of drug-likeness (QED) is 0.656. The average molecular weight is 181 g/mol. The molecule has 70 valence electrons. The van der Waals surface area contributed by atoms with E-state index >= 15 is 0 Å². The van der Waals surface area contributed by atoms with E-state index in [1.165, 1.54) is 0 Å². The van der Waals surface area contributed by atoms with E-state index in [0.29, 0.717) is 17.3 Å². The van der Waals surface area contributed by atoms with Gasteiger partial charge in [-0.1, -0.05) is 0 Å². The third-order valence-electron chi connectivity index (χ3n) is 2.27. The smallest absolute Gasteiger partial charge is 0.186 e. The molecule has 1 aromatic heterocycles. The molecule has 2 rings (SSSR count). The molecule has 0 unspecified atom stereocenters. The van der Waals surface area contributed by atoms with E-state index in [4.69, 9.17) is 0 Å². The Kier molecular flexibility index (Phi) is 1.90. The van der Waals surface area contributed by atoms with Gasteiger partial charge in [0.25, 0.3) is 0 Å². The highest BCUT2D eigenvalue weighted by Gasteiger charge is 2.21. The van der Waals surface area contributed by atoms with Crippen LogP contribution in [0.25, 0.3) is 0 Å². The van der Waals surface area contributed by atoms with Crippen molar-refractivity contribution in [2.24, 2.45) is 0 Å². The topological polar surface area (TPSA) is 29.0 Å².